The summed E-state index contributed by atoms with van der Waals surface area (Å²) in [7, 11) is 2.15. The molecule has 1 aromatic heterocycles. The molecule has 5 nitrogen and oxygen atoms in total. The molecule has 0 bridgehead atoms. The van der Waals surface area contributed by atoms with Crippen molar-refractivity contribution in [3.05, 3.63) is 18.3 Å². The normalized spacial score (nSPS) is 20.6. The number of pyridine rings is 1. The quantitative estimate of drug-likeness (QED) is 0.909. The molecule has 0 unspecified atom stereocenters. The summed E-state index contributed by atoms with van der Waals surface area (Å²) in [5, 5.41) is 2.90. The average Bonchev–Trinajstić information content (AvgIpc) is 2.38. The molecule has 108 valence electrons. The lowest BCUT2D eigenvalue weighted by molar-refractivity contribution is -0.122. The number of hydrogen-bond donors (Lipinski definition) is 1. The zero-order chi connectivity index (χ0) is 13.9. The zero-order valence-electron chi connectivity index (χ0n) is 12.0. The fraction of sp³-hybridized carbons (Fsp3) is 0.600. The van der Waals surface area contributed by atoms with Gasteiger partial charge >= 0.3 is 0 Å². The molecule has 1 saturated heterocycles. The van der Waals surface area contributed by atoms with Crippen molar-refractivity contribution in [1.82, 2.24) is 9.88 Å². The minimum Gasteiger partial charge on any atom is -0.368 e. The van der Waals surface area contributed by atoms with E-state index in [2.05, 4.69) is 33.2 Å². The topological polar surface area (TPSA) is 48.5 Å². The third-order valence-electron chi connectivity index (χ3n) is 4.34. The van der Waals surface area contributed by atoms with Crippen LogP contribution in [-0.4, -0.2) is 49.0 Å². The lowest BCUT2D eigenvalue weighted by atomic mass is 9.85. The monoisotopic (exact) mass is 274 g/mol. The van der Waals surface area contributed by atoms with Gasteiger partial charge in [0.2, 0.25) is 5.91 Å². The Hall–Kier alpha value is -1.62. The number of nitrogens with one attached hydrogen (secondary N) is 1. The molecular weight excluding hydrogens is 252 g/mol. The number of aromatic nitrogens is 1. The van der Waals surface area contributed by atoms with Crippen LogP contribution in [0.2, 0.25) is 0 Å². The van der Waals surface area contributed by atoms with Crippen LogP contribution in [0, 0.1) is 5.92 Å². The number of carbonyl (C=O) groups is 1. The van der Waals surface area contributed by atoms with Gasteiger partial charge in [0.25, 0.3) is 0 Å². The maximum atomic E-state index is 11.9. The van der Waals surface area contributed by atoms with E-state index in [-0.39, 0.29) is 11.8 Å². The van der Waals surface area contributed by atoms with Crippen molar-refractivity contribution in [1.29, 1.82) is 0 Å². The van der Waals surface area contributed by atoms with Crippen molar-refractivity contribution >= 4 is 17.4 Å². The summed E-state index contributed by atoms with van der Waals surface area (Å²) < 4.78 is 0. The van der Waals surface area contributed by atoms with Gasteiger partial charge in [-0.2, -0.15) is 0 Å². The molecule has 2 aliphatic rings. The molecule has 0 spiro atoms. The summed E-state index contributed by atoms with van der Waals surface area (Å²) in [6, 6.07) is 3.96. The van der Waals surface area contributed by atoms with Crippen LogP contribution in [-0.2, 0) is 4.79 Å². The van der Waals surface area contributed by atoms with Gasteiger partial charge in [-0.3, -0.25) is 4.79 Å². The van der Waals surface area contributed by atoms with E-state index >= 15 is 0 Å². The molecule has 20 heavy (non-hydrogen) atoms. The second-order valence-corrected chi connectivity index (χ2v) is 5.81. The highest BCUT2D eigenvalue weighted by Crippen LogP contribution is 2.27. The molecule has 1 N–H and O–H groups in total. The van der Waals surface area contributed by atoms with Crippen LogP contribution < -0.4 is 10.2 Å². The average molecular weight is 274 g/mol. The first-order chi connectivity index (χ1) is 9.72. The van der Waals surface area contributed by atoms with Crippen molar-refractivity contribution in [3.8, 4) is 0 Å². The summed E-state index contributed by atoms with van der Waals surface area (Å²) in [5.74, 6) is 0.991. The number of likely N-dealkylation sites (N-methyl/N-ethyl adjacent to an activating group) is 1. The van der Waals surface area contributed by atoms with Gasteiger partial charge < -0.3 is 15.1 Å². The molecular formula is C15H22N4O. The van der Waals surface area contributed by atoms with E-state index in [0.29, 0.717) is 5.82 Å². The molecule has 2 heterocycles. The second kappa shape index (κ2) is 5.79. The van der Waals surface area contributed by atoms with Crippen molar-refractivity contribution in [2.75, 3.05) is 43.4 Å². The first-order valence-corrected chi connectivity index (χ1v) is 7.43. The highest BCUT2D eigenvalue weighted by molar-refractivity contribution is 5.92. The van der Waals surface area contributed by atoms with Gasteiger partial charge in [0.15, 0.2) is 0 Å². The molecule has 1 saturated carbocycles. The second-order valence-electron chi connectivity index (χ2n) is 5.81. The molecule has 2 fully saturated rings. The Morgan fingerprint density at radius 2 is 2.00 bits per heavy atom. The molecule has 0 radical (unpaired) electrons. The van der Waals surface area contributed by atoms with E-state index < -0.39 is 0 Å². The predicted molar refractivity (Wildman–Crippen MR) is 79.9 cm³/mol. The number of anilines is 2. The van der Waals surface area contributed by atoms with Crippen molar-refractivity contribution in [2.45, 2.75) is 19.3 Å². The molecule has 0 atom stereocenters. The molecule has 1 aliphatic carbocycles. The number of piperazine rings is 1. The summed E-state index contributed by atoms with van der Waals surface area (Å²) in [4.78, 5) is 20.9. The first kappa shape index (κ1) is 13.4. The third-order valence-corrected chi connectivity index (χ3v) is 4.34. The minimum absolute atomic E-state index is 0.121. The molecule has 5 heteroatoms. The highest BCUT2D eigenvalue weighted by atomic mass is 16.2. The van der Waals surface area contributed by atoms with Crippen molar-refractivity contribution in [2.24, 2.45) is 5.92 Å². The largest absolute Gasteiger partial charge is 0.368 e. The van der Waals surface area contributed by atoms with Crippen LogP contribution in [0.25, 0.3) is 0 Å². The Kier molecular flexibility index (Phi) is 3.87. The SMILES string of the molecule is CN1CCN(c2ccc(NC(=O)C3CCC3)nc2)CC1. The number of nitrogens with zero attached hydrogens (tertiary/aromatic N) is 3. The van der Waals surface area contributed by atoms with E-state index in [4.69, 9.17) is 0 Å². The molecule has 1 amide bonds. The van der Waals surface area contributed by atoms with Gasteiger partial charge in [-0.15, -0.1) is 0 Å². The van der Waals surface area contributed by atoms with Gasteiger partial charge in [-0.05, 0) is 32.0 Å². The van der Waals surface area contributed by atoms with Crippen LogP contribution >= 0.6 is 0 Å². The number of hydrogen-bond acceptors (Lipinski definition) is 4. The van der Waals surface area contributed by atoms with Gasteiger partial charge in [-0.25, -0.2) is 4.98 Å². The van der Waals surface area contributed by atoms with Gasteiger partial charge in [-0.1, -0.05) is 6.42 Å². The molecule has 1 aromatic rings. The lowest BCUT2D eigenvalue weighted by Gasteiger charge is -2.33. The van der Waals surface area contributed by atoms with Crippen LogP contribution in [0.5, 0.6) is 0 Å². The fourth-order valence-electron chi connectivity index (χ4n) is 2.61. The Morgan fingerprint density at radius 1 is 1.25 bits per heavy atom. The fourth-order valence-corrected chi connectivity index (χ4v) is 2.61. The predicted octanol–water partition coefficient (Wildman–Crippen LogP) is 1.57. The van der Waals surface area contributed by atoms with Crippen LogP contribution in [0.1, 0.15) is 19.3 Å². The highest BCUT2D eigenvalue weighted by Gasteiger charge is 2.25. The van der Waals surface area contributed by atoms with Gasteiger partial charge in [0, 0.05) is 32.1 Å². The maximum Gasteiger partial charge on any atom is 0.228 e. The number of amides is 1. The number of rotatable bonds is 3. The summed E-state index contributed by atoms with van der Waals surface area (Å²) >= 11 is 0. The van der Waals surface area contributed by atoms with Crippen LogP contribution in [0.3, 0.4) is 0 Å². The van der Waals surface area contributed by atoms with E-state index in [1.807, 2.05) is 12.3 Å². The standard InChI is InChI=1S/C15H22N4O/c1-18-7-9-19(10-8-18)13-5-6-14(16-11-13)17-15(20)12-3-2-4-12/h5-6,11-12H,2-4,7-10H2,1H3,(H,16,17,20). The number of carbonyl (C=O) groups excluding carboxylic acids is 1. The summed E-state index contributed by atoms with van der Waals surface area (Å²) in [6.07, 6.45) is 5.08. The van der Waals surface area contributed by atoms with Crippen molar-refractivity contribution in [3.63, 3.8) is 0 Å². The molecule has 3 rings (SSSR count). The Morgan fingerprint density at radius 3 is 2.55 bits per heavy atom. The van der Waals surface area contributed by atoms with E-state index in [1.165, 1.54) is 6.42 Å². The lowest BCUT2D eigenvalue weighted by Crippen LogP contribution is -2.44. The molecule has 1 aliphatic heterocycles. The van der Waals surface area contributed by atoms with E-state index in [0.717, 1.165) is 44.7 Å². The Labute approximate surface area is 120 Å². The molecule has 0 aromatic carbocycles. The van der Waals surface area contributed by atoms with Crippen LogP contribution in [0.15, 0.2) is 18.3 Å². The minimum atomic E-state index is 0.121. The van der Waals surface area contributed by atoms with Crippen molar-refractivity contribution < 1.29 is 4.79 Å². The van der Waals surface area contributed by atoms with Gasteiger partial charge in [0.05, 0.1) is 11.9 Å². The van der Waals surface area contributed by atoms with Gasteiger partial charge in [0.1, 0.15) is 5.82 Å². The smallest absolute Gasteiger partial charge is 0.228 e. The van der Waals surface area contributed by atoms with Crippen LogP contribution in [0.4, 0.5) is 11.5 Å². The summed E-state index contributed by atoms with van der Waals surface area (Å²) in [6.45, 7) is 4.23. The Balaban J connectivity index is 1.58. The zero-order valence-corrected chi connectivity index (χ0v) is 12.0. The third kappa shape index (κ3) is 2.93. The van der Waals surface area contributed by atoms with E-state index in [9.17, 15) is 4.79 Å². The van der Waals surface area contributed by atoms with E-state index in [1.54, 1.807) is 0 Å². The summed E-state index contributed by atoms with van der Waals surface area (Å²) in [5.41, 5.74) is 1.14. The first-order valence-electron chi connectivity index (χ1n) is 7.43. The Bertz CT molecular complexity index is 461. The maximum absolute atomic E-state index is 11.9.